The Bertz CT molecular complexity index is 268. The van der Waals surface area contributed by atoms with Gasteiger partial charge in [-0.25, -0.2) is 0 Å². The van der Waals surface area contributed by atoms with Gasteiger partial charge in [0, 0.05) is 26.2 Å². The van der Waals surface area contributed by atoms with Gasteiger partial charge in [-0.1, -0.05) is 0 Å². The number of piperazine rings is 1. The minimum absolute atomic E-state index is 0.924. The summed E-state index contributed by atoms with van der Waals surface area (Å²) < 4.78 is 6.38. The summed E-state index contributed by atoms with van der Waals surface area (Å²) in [5.74, 6) is 1.04. The SMILES string of the molecule is Brc1coc(CN2CCNCC2)c1. The lowest BCUT2D eigenvalue weighted by atomic mass is 10.3. The van der Waals surface area contributed by atoms with E-state index in [1.54, 1.807) is 6.26 Å². The van der Waals surface area contributed by atoms with Crippen molar-refractivity contribution in [1.82, 2.24) is 10.2 Å². The molecule has 1 fully saturated rings. The molecule has 2 rings (SSSR count). The molecule has 0 aliphatic carbocycles. The van der Waals surface area contributed by atoms with E-state index in [1.807, 2.05) is 6.07 Å². The van der Waals surface area contributed by atoms with Crippen LogP contribution in [0.15, 0.2) is 21.2 Å². The number of nitrogens with zero attached hydrogens (tertiary/aromatic N) is 1. The Morgan fingerprint density at radius 2 is 2.23 bits per heavy atom. The molecule has 72 valence electrons. The highest BCUT2D eigenvalue weighted by Crippen LogP contribution is 2.15. The third-order valence-corrected chi connectivity index (χ3v) is 2.63. The number of rotatable bonds is 2. The molecule has 4 heteroatoms. The highest BCUT2D eigenvalue weighted by atomic mass is 79.9. The fourth-order valence-corrected chi connectivity index (χ4v) is 1.88. The van der Waals surface area contributed by atoms with Crippen LogP contribution >= 0.6 is 15.9 Å². The van der Waals surface area contributed by atoms with Crippen LogP contribution < -0.4 is 5.32 Å². The Kier molecular flexibility index (Phi) is 3.03. The molecule has 0 unspecified atom stereocenters. The smallest absolute Gasteiger partial charge is 0.118 e. The minimum Gasteiger partial charge on any atom is -0.467 e. The van der Waals surface area contributed by atoms with Gasteiger partial charge in [0.1, 0.15) is 12.0 Å². The van der Waals surface area contributed by atoms with E-state index in [4.69, 9.17) is 4.42 Å². The lowest BCUT2D eigenvalue weighted by Gasteiger charge is -2.25. The van der Waals surface area contributed by atoms with E-state index in [2.05, 4.69) is 26.1 Å². The molecule has 2 heterocycles. The molecule has 0 radical (unpaired) electrons. The maximum atomic E-state index is 5.36. The van der Waals surface area contributed by atoms with Crippen molar-refractivity contribution in [3.05, 3.63) is 22.6 Å². The second-order valence-electron chi connectivity index (χ2n) is 3.26. The van der Waals surface area contributed by atoms with Crippen LogP contribution in [0.4, 0.5) is 0 Å². The Morgan fingerprint density at radius 1 is 1.46 bits per heavy atom. The van der Waals surface area contributed by atoms with Crippen LogP contribution in [0, 0.1) is 0 Å². The van der Waals surface area contributed by atoms with Crippen molar-refractivity contribution in [2.75, 3.05) is 26.2 Å². The molecule has 1 aromatic heterocycles. The van der Waals surface area contributed by atoms with Crippen LogP contribution in [-0.2, 0) is 6.54 Å². The molecule has 0 aromatic carbocycles. The fourth-order valence-electron chi connectivity index (χ4n) is 1.53. The number of furan rings is 1. The summed E-state index contributed by atoms with van der Waals surface area (Å²) in [6.45, 7) is 5.31. The first-order valence-corrected chi connectivity index (χ1v) is 5.30. The summed E-state index contributed by atoms with van der Waals surface area (Å²) in [6.07, 6.45) is 1.73. The van der Waals surface area contributed by atoms with E-state index in [-0.39, 0.29) is 0 Å². The normalized spacial score (nSPS) is 19.2. The molecule has 3 nitrogen and oxygen atoms in total. The van der Waals surface area contributed by atoms with Crippen LogP contribution in [-0.4, -0.2) is 31.1 Å². The van der Waals surface area contributed by atoms with Crippen LogP contribution in [0.25, 0.3) is 0 Å². The monoisotopic (exact) mass is 244 g/mol. The van der Waals surface area contributed by atoms with Crippen molar-refractivity contribution in [3.63, 3.8) is 0 Å². The topological polar surface area (TPSA) is 28.4 Å². The Labute approximate surface area is 86.2 Å². The summed E-state index contributed by atoms with van der Waals surface area (Å²) >= 11 is 3.37. The van der Waals surface area contributed by atoms with Crippen LogP contribution in [0.3, 0.4) is 0 Å². The van der Waals surface area contributed by atoms with Crippen molar-refractivity contribution in [1.29, 1.82) is 0 Å². The zero-order valence-electron chi connectivity index (χ0n) is 7.42. The van der Waals surface area contributed by atoms with Crippen LogP contribution in [0.1, 0.15) is 5.76 Å². The van der Waals surface area contributed by atoms with Gasteiger partial charge in [0.2, 0.25) is 0 Å². The van der Waals surface area contributed by atoms with Crippen molar-refractivity contribution >= 4 is 15.9 Å². The van der Waals surface area contributed by atoms with E-state index in [0.717, 1.165) is 43.0 Å². The van der Waals surface area contributed by atoms with E-state index in [9.17, 15) is 0 Å². The zero-order valence-corrected chi connectivity index (χ0v) is 9.01. The lowest BCUT2D eigenvalue weighted by Crippen LogP contribution is -2.42. The first-order valence-electron chi connectivity index (χ1n) is 4.50. The second kappa shape index (κ2) is 4.26. The summed E-state index contributed by atoms with van der Waals surface area (Å²) in [5, 5.41) is 3.32. The van der Waals surface area contributed by atoms with Gasteiger partial charge in [-0.05, 0) is 22.0 Å². The van der Waals surface area contributed by atoms with Crippen LogP contribution in [0.5, 0.6) is 0 Å². The van der Waals surface area contributed by atoms with Gasteiger partial charge in [0.05, 0.1) is 11.0 Å². The highest BCUT2D eigenvalue weighted by molar-refractivity contribution is 9.10. The van der Waals surface area contributed by atoms with E-state index >= 15 is 0 Å². The predicted molar refractivity (Wildman–Crippen MR) is 54.6 cm³/mol. The molecule has 1 aromatic rings. The molecule has 1 aliphatic heterocycles. The lowest BCUT2D eigenvalue weighted by molar-refractivity contribution is 0.216. The zero-order chi connectivity index (χ0) is 9.10. The average molecular weight is 245 g/mol. The third-order valence-electron chi connectivity index (χ3n) is 2.21. The number of hydrogen-bond acceptors (Lipinski definition) is 3. The van der Waals surface area contributed by atoms with Crippen molar-refractivity contribution in [3.8, 4) is 0 Å². The molecule has 1 N–H and O–H groups in total. The van der Waals surface area contributed by atoms with Crippen molar-refractivity contribution in [2.24, 2.45) is 0 Å². The molecule has 0 amide bonds. The van der Waals surface area contributed by atoms with E-state index < -0.39 is 0 Å². The summed E-state index contributed by atoms with van der Waals surface area (Å²) in [5.41, 5.74) is 0. The van der Waals surface area contributed by atoms with E-state index in [0.29, 0.717) is 0 Å². The molecule has 0 spiro atoms. The largest absolute Gasteiger partial charge is 0.467 e. The fraction of sp³-hybridized carbons (Fsp3) is 0.556. The molecule has 13 heavy (non-hydrogen) atoms. The van der Waals surface area contributed by atoms with Gasteiger partial charge < -0.3 is 9.73 Å². The van der Waals surface area contributed by atoms with Crippen molar-refractivity contribution < 1.29 is 4.42 Å². The molecule has 0 bridgehead atoms. The van der Waals surface area contributed by atoms with Crippen LogP contribution in [0.2, 0.25) is 0 Å². The number of hydrogen-bond donors (Lipinski definition) is 1. The molecule has 1 saturated heterocycles. The molecular weight excluding hydrogens is 232 g/mol. The third kappa shape index (κ3) is 2.56. The minimum atomic E-state index is 0.924. The van der Waals surface area contributed by atoms with Gasteiger partial charge >= 0.3 is 0 Å². The maximum Gasteiger partial charge on any atom is 0.118 e. The highest BCUT2D eigenvalue weighted by Gasteiger charge is 2.11. The average Bonchev–Trinajstić information content (AvgIpc) is 2.53. The number of halogens is 1. The standard InChI is InChI=1S/C9H13BrN2O/c10-8-5-9(13-7-8)6-12-3-1-11-2-4-12/h5,7,11H,1-4,6H2. The predicted octanol–water partition coefficient (Wildman–Crippen LogP) is 1.45. The molecule has 1 aliphatic rings. The second-order valence-corrected chi connectivity index (χ2v) is 4.17. The van der Waals surface area contributed by atoms with Gasteiger partial charge in [-0.2, -0.15) is 0 Å². The quantitative estimate of drug-likeness (QED) is 0.854. The van der Waals surface area contributed by atoms with Gasteiger partial charge in [-0.3, -0.25) is 4.90 Å². The van der Waals surface area contributed by atoms with Gasteiger partial charge in [0.15, 0.2) is 0 Å². The summed E-state index contributed by atoms with van der Waals surface area (Å²) in [6, 6.07) is 2.03. The first-order chi connectivity index (χ1) is 6.34. The Hall–Kier alpha value is -0.320. The Morgan fingerprint density at radius 3 is 2.85 bits per heavy atom. The molecule has 0 atom stereocenters. The number of nitrogens with one attached hydrogen (secondary N) is 1. The van der Waals surface area contributed by atoms with Gasteiger partial charge in [0.25, 0.3) is 0 Å². The van der Waals surface area contributed by atoms with Gasteiger partial charge in [-0.15, -0.1) is 0 Å². The summed E-state index contributed by atoms with van der Waals surface area (Å²) in [4.78, 5) is 2.39. The first kappa shape index (κ1) is 9.24. The molecular formula is C9H13BrN2O. The molecule has 0 saturated carbocycles. The Balaban J connectivity index is 1.89. The van der Waals surface area contributed by atoms with E-state index in [1.165, 1.54) is 0 Å². The summed E-state index contributed by atoms with van der Waals surface area (Å²) in [7, 11) is 0. The maximum absolute atomic E-state index is 5.36. The van der Waals surface area contributed by atoms with Crippen molar-refractivity contribution in [2.45, 2.75) is 6.54 Å².